The van der Waals surface area contributed by atoms with Crippen LogP contribution in [0.5, 0.6) is 23.0 Å². The van der Waals surface area contributed by atoms with E-state index in [1.54, 1.807) is 42.5 Å². The predicted molar refractivity (Wildman–Crippen MR) is 137 cm³/mol. The number of rotatable bonds is 12. The van der Waals surface area contributed by atoms with Gasteiger partial charge in [-0.15, -0.1) is 0 Å². The number of halogens is 2. The molecular weight excluding hydrogens is 487 g/mol. The van der Waals surface area contributed by atoms with Crippen LogP contribution in [0.3, 0.4) is 0 Å². The highest BCUT2D eigenvalue weighted by atomic mass is 35.5. The van der Waals surface area contributed by atoms with E-state index < -0.39 is 5.91 Å². The van der Waals surface area contributed by atoms with Crippen LogP contribution in [0.15, 0.2) is 59.7 Å². The molecule has 0 aliphatic rings. The van der Waals surface area contributed by atoms with Crippen LogP contribution in [0.1, 0.15) is 42.3 Å². The quantitative estimate of drug-likeness (QED) is 0.236. The molecule has 1 amide bonds. The van der Waals surface area contributed by atoms with Gasteiger partial charge in [0.25, 0.3) is 5.91 Å². The maximum absolute atomic E-state index is 13.1. The summed E-state index contributed by atoms with van der Waals surface area (Å²) in [6, 6.07) is 14.3. The lowest BCUT2D eigenvalue weighted by Gasteiger charge is -2.14. The molecule has 0 aliphatic carbocycles. The highest BCUT2D eigenvalue weighted by molar-refractivity contribution is 6.32. The Kier molecular flexibility index (Phi) is 9.94. The van der Waals surface area contributed by atoms with Crippen LogP contribution in [0.2, 0.25) is 5.02 Å². The van der Waals surface area contributed by atoms with E-state index in [9.17, 15) is 9.18 Å². The normalized spacial score (nSPS) is 10.8. The first-order chi connectivity index (χ1) is 17.4. The number of amides is 1. The smallest absolute Gasteiger partial charge is 0.271 e. The molecule has 0 aliphatic heterocycles. The van der Waals surface area contributed by atoms with Crippen molar-refractivity contribution in [3.8, 4) is 23.0 Å². The van der Waals surface area contributed by atoms with E-state index >= 15 is 0 Å². The Balaban J connectivity index is 1.71. The number of hydrogen-bond acceptors (Lipinski definition) is 6. The van der Waals surface area contributed by atoms with E-state index in [0.717, 1.165) is 5.56 Å². The Bertz CT molecular complexity index is 1200. The second-order valence-electron chi connectivity index (χ2n) is 7.40. The lowest BCUT2D eigenvalue weighted by Crippen LogP contribution is -2.17. The molecule has 190 valence electrons. The number of ether oxygens (including phenoxy) is 4. The highest BCUT2D eigenvalue weighted by Crippen LogP contribution is 2.37. The number of hydrazone groups is 1. The topological polar surface area (TPSA) is 78.4 Å². The molecule has 3 aromatic rings. The Morgan fingerprint density at radius 2 is 1.56 bits per heavy atom. The van der Waals surface area contributed by atoms with Crippen molar-refractivity contribution in [2.75, 3.05) is 19.8 Å². The first kappa shape index (κ1) is 26.8. The van der Waals surface area contributed by atoms with Gasteiger partial charge < -0.3 is 18.9 Å². The minimum absolute atomic E-state index is 0.190. The van der Waals surface area contributed by atoms with Crippen LogP contribution in [0.25, 0.3) is 0 Å². The third kappa shape index (κ3) is 7.36. The summed E-state index contributed by atoms with van der Waals surface area (Å²) in [7, 11) is 0. The Morgan fingerprint density at radius 1 is 0.889 bits per heavy atom. The third-order valence-corrected chi connectivity index (χ3v) is 5.09. The molecule has 7 nitrogen and oxygen atoms in total. The lowest BCUT2D eigenvalue weighted by atomic mass is 10.2. The molecule has 0 aromatic heterocycles. The minimum atomic E-state index is -0.411. The van der Waals surface area contributed by atoms with Crippen LogP contribution >= 0.6 is 11.6 Å². The summed E-state index contributed by atoms with van der Waals surface area (Å²) in [4.78, 5) is 12.6. The molecule has 1 N–H and O–H groups in total. The molecule has 0 bridgehead atoms. The van der Waals surface area contributed by atoms with Crippen molar-refractivity contribution < 1.29 is 28.1 Å². The molecule has 0 fully saturated rings. The number of carbonyl (C=O) groups is 1. The fourth-order valence-electron chi connectivity index (χ4n) is 3.22. The van der Waals surface area contributed by atoms with Crippen molar-refractivity contribution in [1.29, 1.82) is 0 Å². The summed E-state index contributed by atoms with van der Waals surface area (Å²) in [5.74, 6) is 1.11. The van der Waals surface area contributed by atoms with E-state index in [1.165, 1.54) is 18.3 Å². The standard InChI is InChI=1S/C27H28ClFN2O5/c1-4-33-23-12-9-20(15-24(23)34-5-2)27(32)31-30-16-19-13-22(28)26(25(14-19)35-6-3)36-17-18-7-10-21(29)11-8-18/h7-16H,4-6,17H2,1-3H3,(H,31,32)/b30-16+. The SMILES string of the molecule is CCOc1ccc(C(=O)N/N=C/c2cc(Cl)c(OCc3ccc(F)cc3)c(OCC)c2)cc1OCC. The van der Waals surface area contributed by atoms with Gasteiger partial charge in [-0.3, -0.25) is 4.79 Å². The van der Waals surface area contributed by atoms with Gasteiger partial charge in [0.05, 0.1) is 31.1 Å². The van der Waals surface area contributed by atoms with Crippen LogP contribution in [-0.4, -0.2) is 31.9 Å². The highest BCUT2D eigenvalue weighted by Gasteiger charge is 2.14. The van der Waals surface area contributed by atoms with Crippen molar-refractivity contribution in [3.63, 3.8) is 0 Å². The average molecular weight is 515 g/mol. The molecular formula is C27H28ClFN2O5. The maximum atomic E-state index is 13.1. The fourth-order valence-corrected chi connectivity index (χ4v) is 3.50. The molecule has 0 spiro atoms. The summed E-state index contributed by atoms with van der Waals surface area (Å²) in [6.45, 7) is 7.07. The van der Waals surface area contributed by atoms with E-state index in [-0.39, 0.29) is 12.4 Å². The molecule has 9 heteroatoms. The second-order valence-corrected chi connectivity index (χ2v) is 7.81. The molecule has 0 saturated heterocycles. The summed E-state index contributed by atoms with van der Waals surface area (Å²) >= 11 is 6.45. The number of nitrogens with zero attached hydrogens (tertiary/aromatic N) is 1. The van der Waals surface area contributed by atoms with Crippen LogP contribution in [0.4, 0.5) is 4.39 Å². The van der Waals surface area contributed by atoms with Gasteiger partial charge in [-0.2, -0.15) is 5.10 Å². The van der Waals surface area contributed by atoms with Gasteiger partial charge >= 0.3 is 0 Å². The van der Waals surface area contributed by atoms with Crippen molar-refractivity contribution in [2.24, 2.45) is 5.10 Å². The van der Waals surface area contributed by atoms with E-state index in [0.29, 0.717) is 59.0 Å². The summed E-state index contributed by atoms with van der Waals surface area (Å²) < 4.78 is 35.8. The van der Waals surface area contributed by atoms with Crippen molar-refractivity contribution in [2.45, 2.75) is 27.4 Å². The van der Waals surface area contributed by atoms with Crippen molar-refractivity contribution >= 4 is 23.7 Å². The summed E-state index contributed by atoms with van der Waals surface area (Å²) in [5.41, 5.74) is 4.24. The van der Waals surface area contributed by atoms with Crippen LogP contribution < -0.4 is 24.4 Å². The molecule has 0 radical (unpaired) electrons. The molecule has 3 rings (SSSR count). The van der Waals surface area contributed by atoms with E-state index in [2.05, 4.69) is 10.5 Å². The summed E-state index contributed by atoms with van der Waals surface area (Å²) in [5, 5.41) is 4.35. The van der Waals surface area contributed by atoms with Crippen LogP contribution in [-0.2, 0) is 6.61 Å². The average Bonchev–Trinajstić information content (AvgIpc) is 2.86. The van der Waals surface area contributed by atoms with Gasteiger partial charge in [0.15, 0.2) is 23.0 Å². The fraction of sp³-hybridized carbons (Fsp3) is 0.259. The predicted octanol–water partition coefficient (Wildman–Crippen LogP) is 6.02. The Morgan fingerprint density at radius 3 is 2.25 bits per heavy atom. The van der Waals surface area contributed by atoms with E-state index in [1.807, 2.05) is 20.8 Å². The van der Waals surface area contributed by atoms with Gasteiger partial charge in [0.2, 0.25) is 0 Å². The summed E-state index contributed by atoms with van der Waals surface area (Å²) in [6.07, 6.45) is 1.45. The first-order valence-electron chi connectivity index (χ1n) is 11.5. The molecule has 3 aromatic carbocycles. The minimum Gasteiger partial charge on any atom is -0.490 e. The van der Waals surface area contributed by atoms with Crippen LogP contribution in [0, 0.1) is 5.82 Å². The molecule has 0 unspecified atom stereocenters. The molecule has 0 atom stereocenters. The largest absolute Gasteiger partial charge is 0.490 e. The number of nitrogens with one attached hydrogen (secondary N) is 1. The zero-order chi connectivity index (χ0) is 25.9. The monoisotopic (exact) mass is 514 g/mol. The molecule has 0 heterocycles. The maximum Gasteiger partial charge on any atom is 0.271 e. The van der Waals surface area contributed by atoms with Crippen molar-refractivity contribution in [1.82, 2.24) is 5.43 Å². The van der Waals surface area contributed by atoms with Crippen molar-refractivity contribution in [3.05, 3.63) is 82.1 Å². The van der Waals surface area contributed by atoms with E-state index in [4.69, 9.17) is 30.5 Å². The lowest BCUT2D eigenvalue weighted by molar-refractivity contribution is 0.0954. The zero-order valence-corrected chi connectivity index (χ0v) is 21.1. The Hall–Kier alpha value is -3.78. The first-order valence-corrected chi connectivity index (χ1v) is 11.9. The number of hydrogen-bond donors (Lipinski definition) is 1. The number of benzene rings is 3. The Labute approximate surface area is 214 Å². The molecule has 0 saturated carbocycles. The third-order valence-electron chi connectivity index (χ3n) is 4.81. The second kappa shape index (κ2) is 13.3. The van der Waals surface area contributed by atoms with Gasteiger partial charge in [-0.25, -0.2) is 9.82 Å². The van der Waals surface area contributed by atoms with Gasteiger partial charge in [-0.05, 0) is 74.4 Å². The number of carbonyl (C=O) groups excluding carboxylic acids is 1. The van der Waals surface area contributed by atoms with Gasteiger partial charge in [0, 0.05) is 5.56 Å². The zero-order valence-electron chi connectivity index (χ0n) is 20.3. The van der Waals surface area contributed by atoms with Gasteiger partial charge in [-0.1, -0.05) is 23.7 Å². The molecule has 36 heavy (non-hydrogen) atoms. The van der Waals surface area contributed by atoms with Gasteiger partial charge in [0.1, 0.15) is 12.4 Å².